The summed E-state index contributed by atoms with van der Waals surface area (Å²) in [5.41, 5.74) is 0.426. The van der Waals surface area contributed by atoms with Crippen LogP contribution < -0.4 is 0 Å². The Morgan fingerprint density at radius 3 is 2.28 bits per heavy atom. The van der Waals surface area contributed by atoms with Gasteiger partial charge in [-0.15, -0.1) is 0 Å². The fourth-order valence-electron chi connectivity index (χ4n) is 3.68. The molecular weight excluding hydrogens is 364 g/mol. The molecule has 0 bridgehead atoms. The van der Waals surface area contributed by atoms with Gasteiger partial charge in [0.25, 0.3) is 0 Å². The average molecular weight is 405 g/mol. The predicted molar refractivity (Wildman–Crippen MR) is 118 cm³/mol. The smallest absolute Gasteiger partial charge is 0.338 e. The number of esters is 1. The van der Waals surface area contributed by atoms with Gasteiger partial charge in [0.2, 0.25) is 0 Å². The van der Waals surface area contributed by atoms with E-state index in [0.717, 1.165) is 38.0 Å². The third-order valence-corrected chi connectivity index (χ3v) is 5.57. The summed E-state index contributed by atoms with van der Waals surface area (Å²) < 4.78 is 5.88. The molecule has 1 aromatic rings. The predicted octanol–water partition coefficient (Wildman–Crippen LogP) is 7.12. The molecule has 0 fully saturated rings. The van der Waals surface area contributed by atoms with E-state index in [1.165, 1.54) is 44.2 Å². The van der Waals surface area contributed by atoms with E-state index in [0.29, 0.717) is 11.5 Å². The topological polar surface area (TPSA) is 63.6 Å². The molecule has 0 heterocycles. The zero-order valence-corrected chi connectivity index (χ0v) is 18.8. The average Bonchev–Trinajstić information content (AvgIpc) is 2.70. The van der Waals surface area contributed by atoms with Crippen LogP contribution in [0.2, 0.25) is 0 Å². The molecule has 2 unspecified atom stereocenters. The Labute approximate surface area is 177 Å². The van der Waals surface area contributed by atoms with E-state index in [9.17, 15) is 9.59 Å². The first-order valence-corrected chi connectivity index (χ1v) is 11.4. The van der Waals surface area contributed by atoms with Crippen LogP contribution in [0, 0.1) is 11.8 Å². The number of carboxylic acids is 1. The lowest BCUT2D eigenvalue weighted by Gasteiger charge is -2.23. The van der Waals surface area contributed by atoms with Crippen molar-refractivity contribution in [2.45, 2.75) is 98.0 Å². The van der Waals surface area contributed by atoms with E-state index in [2.05, 4.69) is 27.7 Å². The largest absolute Gasteiger partial charge is 0.478 e. The molecule has 0 aliphatic heterocycles. The molecule has 0 radical (unpaired) electrons. The summed E-state index contributed by atoms with van der Waals surface area (Å²) >= 11 is 0. The van der Waals surface area contributed by atoms with Gasteiger partial charge < -0.3 is 9.84 Å². The first-order valence-electron chi connectivity index (χ1n) is 11.4. The number of hydrogen-bond acceptors (Lipinski definition) is 3. The van der Waals surface area contributed by atoms with Crippen molar-refractivity contribution >= 4 is 11.9 Å². The summed E-state index contributed by atoms with van der Waals surface area (Å²) in [4.78, 5) is 23.9. The Morgan fingerprint density at radius 2 is 1.66 bits per heavy atom. The van der Waals surface area contributed by atoms with E-state index in [4.69, 9.17) is 9.84 Å². The third kappa shape index (κ3) is 10.5. The van der Waals surface area contributed by atoms with Crippen LogP contribution in [0.1, 0.15) is 113 Å². The molecule has 29 heavy (non-hydrogen) atoms. The van der Waals surface area contributed by atoms with Crippen LogP contribution in [-0.4, -0.2) is 23.1 Å². The Kier molecular flexibility index (Phi) is 12.3. The third-order valence-electron chi connectivity index (χ3n) is 5.57. The van der Waals surface area contributed by atoms with Crippen molar-refractivity contribution in [2.24, 2.45) is 11.8 Å². The maximum absolute atomic E-state index is 12.7. The number of benzene rings is 1. The van der Waals surface area contributed by atoms with E-state index in [-0.39, 0.29) is 11.7 Å². The fraction of sp³-hybridized carbons (Fsp3) is 0.680. The highest BCUT2D eigenvalue weighted by Gasteiger charge is 2.20. The molecule has 0 spiro atoms. The molecular formula is C25H40O4. The summed E-state index contributed by atoms with van der Waals surface area (Å²) in [5, 5.41) is 9.16. The summed E-state index contributed by atoms with van der Waals surface area (Å²) in [6.07, 6.45) is 11.0. The Morgan fingerprint density at radius 1 is 0.966 bits per heavy atom. The maximum Gasteiger partial charge on any atom is 0.338 e. The molecule has 2 atom stereocenters. The van der Waals surface area contributed by atoms with Gasteiger partial charge in [-0.05, 0) is 49.3 Å². The monoisotopic (exact) mass is 404 g/mol. The van der Waals surface area contributed by atoms with Gasteiger partial charge in [-0.1, -0.05) is 78.7 Å². The molecule has 4 heteroatoms. The van der Waals surface area contributed by atoms with E-state index in [1.807, 2.05) is 0 Å². The van der Waals surface area contributed by atoms with Gasteiger partial charge in [0.15, 0.2) is 0 Å². The number of carbonyl (C=O) groups is 2. The van der Waals surface area contributed by atoms with Crippen molar-refractivity contribution in [3.63, 3.8) is 0 Å². The van der Waals surface area contributed by atoms with Crippen LogP contribution in [0.5, 0.6) is 0 Å². The minimum absolute atomic E-state index is 0.100. The standard InChI is InChI=1S/C25H40O4/c1-5-7-13-20(6-2)17-23(16-10-8-9-12-19(3)4)29-25(28)22-15-11-14-21(18-22)24(26)27/h11,14-15,18-20,23H,5-10,12-13,16-17H2,1-4H3,(H,26,27). The quantitative estimate of drug-likeness (QED) is 0.249. The van der Waals surface area contributed by atoms with Crippen LogP contribution in [-0.2, 0) is 4.74 Å². The fourth-order valence-corrected chi connectivity index (χ4v) is 3.68. The van der Waals surface area contributed by atoms with Crippen molar-refractivity contribution in [1.29, 1.82) is 0 Å². The molecule has 0 amide bonds. The highest BCUT2D eigenvalue weighted by Crippen LogP contribution is 2.24. The summed E-state index contributed by atoms with van der Waals surface area (Å²) in [7, 11) is 0. The number of unbranched alkanes of at least 4 members (excludes halogenated alkanes) is 3. The number of ether oxygens (including phenoxy) is 1. The van der Waals surface area contributed by atoms with Crippen LogP contribution in [0.15, 0.2) is 24.3 Å². The van der Waals surface area contributed by atoms with Crippen molar-refractivity contribution in [1.82, 2.24) is 0 Å². The number of hydrogen-bond donors (Lipinski definition) is 1. The van der Waals surface area contributed by atoms with Gasteiger partial charge in [0.05, 0.1) is 11.1 Å². The molecule has 4 nitrogen and oxygen atoms in total. The van der Waals surface area contributed by atoms with Crippen molar-refractivity contribution in [3.8, 4) is 0 Å². The molecule has 1 aromatic carbocycles. The van der Waals surface area contributed by atoms with E-state index < -0.39 is 11.9 Å². The highest BCUT2D eigenvalue weighted by atomic mass is 16.5. The Hall–Kier alpha value is -1.84. The zero-order chi connectivity index (χ0) is 21.6. The maximum atomic E-state index is 12.7. The second kappa shape index (κ2) is 14.2. The molecule has 0 saturated heterocycles. The van der Waals surface area contributed by atoms with Crippen molar-refractivity contribution in [3.05, 3.63) is 35.4 Å². The van der Waals surface area contributed by atoms with Gasteiger partial charge in [0.1, 0.15) is 6.10 Å². The molecule has 1 rings (SSSR count). The number of carbonyl (C=O) groups excluding carboxylic acids is 1. The lowest BCUT2D eigenvalue weighted by atomic mass is 9.91. The van der Waals surface area contributed by atoms with E-state index >= 15 is 0 Å². The van der Waals surface area contributed by atoms with Gasteiger partial charge in [-0.3, -0.25) is 0 Å². The van der Waals surface area contributed by atoms with Crippen LogP contribution in [0.4, 0.5) is 0 Å². The molecule has 0 aliphatic carbocycles. The molecule has 164 valence electrons. The molecule has 0 saturated carbocycles. The second-order valence-electron chi connectivity index (χ2n) is 8.60. The highest BCUT2D eigenvalue weighted by molar-refractivity contribution is 5.94. The summed E-state index contributed by atoms with van der Waals surface area (Å²) in [6, 6.07) is 6.11. The number of aromatic carboxylic acids is 1. The first-order chi connectivity index (χ1) is 13.9. The number of carboxylic acid groups (broad SMARTS) is 1. The lowest BCUT2D eigenvalue weighted by molar-refractivity contribution is 0.0206. The van der Waals surface area contributed by atoms with Crippen LogP contribution >= 0.6 is 0 Å². The van der Waals surface area contributed by atoms with Gasteiger partial charge in [-0.2, -0.15) is 0 Å². The number of rotatable bonds is 15. The summed E-state index contributed by atoms with van der Waals surface area (Å²) in [5.74, 6) is -0.157. The zero-order valence-electron chi connectivity index (χ0n) is 18.8. The minimum atomic E-state index is -1.04. The first kappa shape index (κ1) is 25.2. The minimum Gasteiger partial charge on any atom is -0.478 e. The SMILES string of the molecule is CCCCC(CC)CC(CCCCCC(C)C)OC(=O)c1cccc(C(=O)O)c1. The van der Waals surface area contributed by atoms with Gasteiger partial charge >= 0.3 is 11.9 Å². The van der Waals surface area contributed by atoms with Crippen molar-refractivity contribution < 1.29 is 19.4 Å². The van der Waals surface area contributed by atoms with Crippen LogP contribution in [0.3, 0.4) is 0 Å². The Bertz CT molecular complexity index is 609. The summed E-state index contributed by atoms with van der Waals surface area (Å²) in [6.45, 7) is 8.90. The van der Waals surface area contributed by atoms with Gasteiger partial charge in [0, 0.05) is 0 Å². The molecule has 1 N–H and O–H groups in total. The normalized spacial score (nSPS) is 13.3. The molecule has 0 aliphatic rings. The van der Waals surface area contributed by atoms with Crippen molar-refractivity contribution in [2.75, 3.05) is 0 Å². The molecule has 0 aromatic heterocycles. The Balaban J connectivity index is 2.73. The van der Waals surface area contributed by atoms with Gasteiger partial charge in [-0.25, -0.2) is 9.59 Å². The lowest BCUT2D eigenvalue weighted by Crippen LogP contribution is -2.22. The second-order valence-corrected chi connectivity index (χ2v) is 8.60. The van der Waals surface area contributed by atoms with E-state index in [1.54, 1.807) is 12.1 Å². The van der Waals surface area contributed by atoms with Crippen LogP contribution in [0.25, 0.3) is 0 Å².